The van der Waals surface area contributed by atoms with Crippen molar-refractivity contribution in [3.05, 3.63) is 90.0 Å². The van der Waals surface area contributed by atoms with Gasteiger partial charge in [0.15, 0.2) is 0 Å². The fourth-order valence-corrected chi connectivity index (χ4v) is 2.69. The highest BCUT2D eigenvalue weighted by Gasteiger charge is 2.11. The van der Waals surface area contributed by atoms with E-state index in [4.69, 9.17) is 9.47 Å². The van der Waals surface area contributed by atoms with Gasteiger partial charge in [0, 0.05) is 12.6 Å². The first-order valence-corrected chi connectivity index (χ1v) is 9.72. The van der Waals surface area contributed by atoms with E-state index in [-0.39, 0.29) is 11.8 Å². The van der Waals surface area contributed by atoms with Crippen LogP contribution in [0.5, 0.6) is 11.5 Å². The van der Waals surface area contributed by atoms with Crippen LogP contribution in [-0.4, -0.2) is 31.2 Å². The van der Waals surface area contributed by atoms with E-state index in [0.717, 1.165) is 11.3 Å². The van der Waals surface area contributed by atoms with Crippen LogP contribution in [0.2, 0.25) is 0 Å². The van der Waals surface area contributed by atoms with Gasteiger partial charge >= 0.3 is 0 Å². The number of hydrazone groups is 1. The standard InChI is InChI=1S/C24H23N3O4/c1-18(28)26-20-13-11-19(12-14-20)17-25-27-24(29)22-9-5-6-10-23(22)31-16-15-30-21-7-3-2-4-8-21/h2-14,17H,15-16H2,1H3,(H,26,28)(H,27,29)/b25-17-. The van der Waals surface area contributed by atoms with E-state index in [1.807, 2.05) is 30.3 Å². The van der Waals surface area contributed by atoms with Crippen molar-refractivity contribution in [2.75, 3.05) is 18.5 Å². The SMILES string of the molecule is CC(=O)Nc1ccc(/C=N\NC(=O)c2ccccc2OCCOc2ccccc2)cc1. The van der Waals surface area contributed by atoms with Crippen LogP contribution < -0.4 is 20.2 Å². The lowest BCUT2D eigenvalue weighted by molar-refractivity contribution is -0.114. The average molecular weight is 417 g/mol. The van der Waals surface area contributed by atoms with Crippen molar-refractivity contribution < 1.29 is 19.1 Å². The predicted molar refractivity (Wildman–Crippen MR) is 120 cm³/mol. The lowest BCUT2D eigenvalue weighted by Gasteiger charge is -2.11. The topological polar surface area (TPSA) is 89.0 Å². The van der Waals surface area contributed by atoms with Gasteiger partial charge in [0.1, 0.15) is 24.7 Å². The second-order valence-electron chi connectivity index (χ2n) is 6.51. The van der Waals surface area contributed by atoms with Crippen LogP contribution in [0, 0.1) is 0 Å². The van der Waals surface area contributed by atoms with E-state index < -0.39 is 0 Å². The Morgan fingerprint density at radius 3 is 2.29 bits per heavy atom. The Kier molecular flexibility index (Phi) is 7.77. The van der Waals surface area contributed by atoms with Gasteiger partial charge in [0.2, 0.25) is 5.91 Å². The van der Waals surface area contributed by atoms with Gasteiger partial charge in [-0.1, -0.05) is 42.5 Å². The van der Waals surface area contributed by atoms with Crippen LogP contribution in [0.15, 0.2) is 84.0 Å². The maximum absolute atomic E-state index is 12.5. The van der Waals surface area contributed by atoms with Crippen molar-refractivity contribution in [3.63, 3.8) is 0 Å². The first-order chi connectivity index (χ1) is 15.1. The summed E-state index contributed by atoms with van der Waals surface area (Å²) in [5.41, 5.74) is 4.34. The van der Waals surface area contributed by atoms with Crippen molar-refractivity contribution in [2.45, 2.75) is 6.92 Å². The summed E-state index contributed by atoms with van der Waals surface area (Å²) in [4.78, 5) is 23.6. The van der Waals surface area contributed by atoms with E-state index in [1.54, 1.807) is 48.5 Å². The zero-order valence-electron chi connectivity index (χ0n) is 17.1. The molecule has 3 aromatic rings. The number of para-hydroxylation sites is 2. The molecular weight excluding hydrogens is 394 g/mol. The van der Waals surface area contributed by atoms with Gasteiger partial charge in [0.25, 0.3) is 5.91 Å². The predicted octanol–water partition coefficient (Wildman–Crippen LogP) is 3.87. The average Bonchev–Trinajstić information content (AvgIpc) is 2.78. The number of benzene rings is 3. The van der Waals surface area contributed by atoms with E-state index in [0.29, 0.717) is 30.2 Å². The number of hydrogen-bond acceptors (Lipinski definition) is 5. The zero-order chi connectivity index (χ0) is 21.9. The second kappa shape index (κ2) is 11.2. The second-order valence-corrected chi connectivity index (χ2v) is 6.51. The highest BCUT2D eigenvalue weighted by atomic mass is 16.5. The van der Waals surface area contributed by atoms with Crippen LogP contribution in [0.1, 0.15) is 22.8 Å². The molecule has 0 aliphatic carbocycles. The molecule has 0 saturated carbocycles. The summed E-state index contributed by atoms with van der Waals surface area (Å²) in [7, 11) is 0. The van der Waals surface area contributed by atoms with Gasteiger partial charge in [0.05, 0.1) is 11.8 Å². The molecule has 0 fully saturated rings. The number of carbonyl (C=O) groups is 2. The molecule has 0 aromatic heterocycles. The zero-order valence-corrected chi connectivity index (χ0v) is 17.1. The van der Waals surface area contributed by atoms with Gasteiger partial charge in [-0.15, -0.1) is 0 Å². The normalized spacial score (nSPS) is 10.5. The minimum absolute atomic E-state index is 0.138. The Morgan fingerprint density at radius 1 is 0.871 bits per heavy atom. The van der Waals surface area contributed by atoms with E-state index in [9.17, 15) is 9.59 Å². The minimum atomic E-state index is -0.384. The van der Waals surface area contributed by atoms with Crippen molar-refractivity contribution in [3.8, 4) is 11.5 Å². The number of nitrogens with one attached hydrogen (secondary N) is 2. The van der Waals surface area contributed by atoms with Gasteiger partial charge in [-0.05, 0) is 42.0 Å². The summed E-state index contributed by atoms with van der Waals surface area (Å²) in [5, 5.41) is 6.68. The lowest BCUT2D eigenvalue weighted by atomic mass is 10.2. The van der Waals surface area contributed by atoms with Crippen LogP contribution >= 0.6 is 0 Å². The highest BCUT2D eigenvalue weighted by Crippen LogP contribution is 2.18. The summed E-state index contributed by atoms with van der Waals surface area (Å²) >= 11 is 0. The van der Waals surface area contributed by atoms with Gasteiger partial charge in [-0.2, -0.15) is 5.10 Å². The molecule has 2 N–H and O–H groups in total. The summed E-state index contributed by atoms with van der Waals surface area (Å²) in [6.45, 7) is 2.10. The molecule has 3 rings (SSSR count). The van der Waals surface area contributed by atoms with Crippen molar-refractivity contribution >= 4 is 23.7 Å². The first kappa shape index (κ1) is 21.6. The third-order valence-corrected chi connectivity index (χ3v) is 4.10. The number of amides is 2. The molecule has 7 heteroatoms. The quantitative estimate of drug-likeness (QED) is 0.314. The van der Waals surface area contributed by atoms with Crippen LogP contribution in [0.4, 0.5) is 5.69 Å². The molecular formula is C24H23N3O4. The highest BCUT2D eigenvalue weighted by molar-refractivity contribution is 5.97. The van der Waals surface area contributed by atoms with Crippen molar-refractivity contribution in [1.82, 2.24) is 5.43 Å². The molecule has 0 unspecified atom stereocenters. The Morgan fingerprint density at radius 2 is 1.55 bits per heavy atom. The van der Waals surface area contributed by atoms with Crippen LogP contribution in [0.3, 0.4) is 0 Å². The number of hydrogen-bond donors (Lipinski definition) is 2. The lowest BCUT2D eigenvalue weighted by Crippen LogP contribution is -2.19. The Balaban J connectivity index is 1.52. The fraction of sp³-hybridized carbons (Fsp3) is 0.125. The number of anilines is 1. The molecule has 0 saturated heterocycles. The first-order valence-electron chi connectivity index (χ1n) is 9.72. The van der Waals surface area contributed by atoms with Gasteiger partial charge in [-0.3, -0.25) is 9.59 Å². The maximum atomic E-state index is 12.5. The molecule has 7 nitrogen and oxygen atoms in total. The molecule has 0 bridgehead atoms. The van der Waals surface area contributed by atoms with E-state index >= 15 is 0 Å². The summed E-state index contributed by atoms with van der Waals surface area (Å²) in [6.07, 6.45) is 1.52. The third kappa shape index (κ3) is 7.01. The smallest absolute Gasteiger partial charge is 0.275 e. The van der Waals surface area contributed by atoms with Gasteiger partial charge < -0.3 is 14.8 Å². The largest absolute Gasteiger partial charge is 0.490 e. The molecule has 31 heavy (non-hydrogen) atoms. The van der Waals surface area contributed by atoms with E-state index in [2.05, 4.69) is 15.8 Å². The molecule has 0 atom stereocenters. The number of ether oxygens (including phenoxy) is 2. The Bertz CT molecular complexity index is 1030. The minimum Gasteiger partial charge on any atom is -0.490 e. The number of rotatable bonds is 9. The molecule has 0 aliphatic rings. The summed E-state index contributed by atoms with van der Waals surface area (Å²) in [5.74, 6) is 0.690. The van der Waals surface area contributed by atoms with Crippen molar-refractivity contribution in [1.29, 1.82) is 0 Å². The van der Waals surface area contributed by atoms with Gasteiger partial charge in [-0.25, -0.2) is 5.43 Å². The molecule has 0 aliphatic heterocycles. The Hall–Kier alpha value is -4.13. The molecule has 0 heterocycles. The van der Waals surface area contributed by atoms with E-state index in [1.165, 1.54) is 13.1 Å². The molecule has 2 amide bonds. The number of nitrogens with zero attached hydrogens (tertiary/aromatic N) is 1. The number of carbonyl (C=O) groups excluding carboxylic acids is 2. The molecule has 0 spiro atoms. The summed E-state index contributed by atoms with van der Waals surface area (Å²) < 4.78 is 11.3. The monoisotopic (exact) mass is 417 g/mol. The molecule has 3 aromatic carbocycles. The van der Waals surface area contributed by atoms with Crippen LogP contribution in [-0.2, 0) is 4.79 Å². The molecule has 0 radical (unpaired) electrons. The van der Waals surface area contributed by atoms with Crippen LogP contribution in [0.25, 0.3) is 0 Å². The Labute approximate surface area is 180 Å². The van der Waals surface area contributed by atoms with Crippen molar-refractivity contribution in [2.24, 2.45) is 5.10 Å². The molecule has 158 valence electrons. The fourth-order valence-electron chi connectivity index (χ4n) is 2.69. The summed E-state index contributed by atoms with van der Waals surface area (Å²) in [6, 6.07) is 23.5. The third-order valence-electron chi connectivity index (χ3n) is 4.10. The maximum Gasteiger partial charge on any atom is 0.275 e.